The molecular weight excluding hydrogens is 837 g/mol. The standard InChI is InChI=1S/C49H61F2N5O5SSi/c1-30(2)63(31(3)4,32(5)6)22-19-39-41(51)18-15-34-23-38(61-29-58-7)24-40(42(34)39)44(57)46-52-45-43(56(46)36-11-9-12-36)47(62-27-33-13-16-37(59-8)17-14-33)54-48(53-45)60-28-49-20-10-21-55(49)26-35(50)25-49/h13-18,23-24,30-32,35-36,44,57H,9-12,20-21,25-29H2,1-8H3/t35-,44?,49+/m1/s1. The number of imidazole rings is 1. The van der Waals surface area contributed by atoms with Gasteiger partial charge in [0.2, 0.25) is 0 Å². The fourth-order valence-electron chi connectivity index (χ4n) is 10.6. The summed E-state index contributed by atoms with van der Waals surface area (Å²) in [6, 6.07) is 14.9. The summed E-state index contributed by atoms with van der Waals surface area (Å²) in [7, 11) is 0.915. The molecule has 1 unspecified atom stereocenters. The molecule has 2 saturated heterocycles. The van der Waals surface area contributed by atoms with Crippen LogP contribution in [-0.4, -0.2) is 90.0 Å². The maximum atomic E-state index is 16.4. The van der Waals surface area contributed by atoms with Crippen molar-refractivity contribution in [1.29, 1.82) is 0 Å². The monoisotopic (exact) mass is 897 g/mol. The molecule has 10 nitrogen and oxygen atoms in total. The fraction of sp³-hybridized carbons (Fsp3) is 0.531. The Morgan fingerprint density at radius 3 is 2.35 bits per heavy atom. The van der Waals surface area contributed by atoms with E-state index >= 15 is 4.39 Å². The molecule has 3 aromatic carbocycles. The summed E-state index contributed by atoms with van der Waals surface area (Å²) in [6.07, 6.45) is 2.81. The third-order valence-corrected chi connectivity index (χ3v) is 21.3. The maximum absolute atomic E-state index is 16.4. The Bertz CT molecular complexity index is 2480. The fourth-order valence-corrected chi connectivity index (χ4v) is 16.8. The van der Waals surface area contributed by atoms with Crippen molar-refractivity contribution in [1.82, 2.24) is 24.4 Å². The Morgan fingerprint density at radius 2 is 1.68 bits per heavy atom. The topological polar surface area (TPSA) is 104 Å². The zero-order valence-electron chi connectivity index (χ0n) is 37.8. The number of ether oxygens (including phenoxy) is 4. The van der Waals surface area contributed by atoms with Crippen LogP contribution in [0.4, 0.5) is 8.78 Å². The van der Waals surface area contributed by atoms with Gasteiger partial charge in [-0.05, 0) is 96.6 Å². The van der Waals surface area contributed by atoms with Crippen LogP contribution in [0.5, 0.6) is 17.5 Å². The van der Waals surface area contributed by atoms with E-state index in [2.05, 4.69) is 62.5 Å². The molecule has 0 radical (unpaired) electrons. The summed E-state index contributed by atoms with van der Waals surface area (Å²) in [5.41, 5.74) is 7.18. The molecule has 0 amide bonds. The highest BCUT2D eigenvalue weighted by Gasteiger charge is 2.49. The molecule has 0 spiro atoms. The molecule has 3 atom stereocenters. The van der Waals surface area contributed by atoms with Crippen LogP contribution in [0, 0.1) is 17.3 Å². The Morgan fingerprint density at radius 1 is 0.937 bits per heavy atom. The van der Waals surface area contributed by atoms with Gasteiger partial charge in [0, 0.05) is 42.8 Å². The molecule has 1 N–H and O–H groups in total. The minimum Gasteiger partial charge on any atom is -0.497 e. The van der Waals surface area contributed by atoms with Crippen LogP contribution in [0.15, 0.2) is 53.6 Å². The third-order valence-electron chi connectivity index (χ3n) is 14.0. The summed E-state index contributed by atoms with van der Waals surface area (Å²) in [5, 5.41) is 14.8. The van der Waals surface area contributed by atoms with Gasteiger partial charge < -0.3 is 28.6 Å². The lowest BCUT2D eigenvalue weighted by Gasteiger charge is -2.38. The van der Waals surface area contributed by atoms with Gasteiger partial charge >= 0.3 is 6.01 Å². The number of fused-ring (bicyclic) bond motifs is 3. The molecule has 14 heteroatoms. The maximum Gasteiger partial charge on any atom is 0.319 e. The average molecular weight is 898 g/mol. The van der Waals surface area contributed by atoms with Crippen molar-refractivity contribution in [3.05, 3.63) is 76.9 Å². The van der Waals surface area contributed by atoms with E-state index in [0.717, 1.165) is 50.0 Å². The number of alkyl halides is 1. The van der Waals surface area contributed by atoms with Gasteiger partial charge in [0.15, 0.2) is 12.4 Å². The minimum atomic E-state index is -2.28. The third kappa shape index (κ3) is 8.68. The summed E-state index contributed by atoms with van der Waals surface area (Å²) in [6.45, 7) is 14.9. The molecule has 1 saturated carbocycles. The predicted octanol–water partition coefficient (Wildman–Crippen LogP) is 10.7. The second-order valence-electron chi connectivity index (χ2n) is 18.5. The van der Waals surface area contributed by atoms with Crippen molar-refractivity contribution >= 4 is 41.8 Å². The van der Waals surface area contributed by atoms with Gasteiger partial charge in [-0.2, -0.15) is 9.97 Å². The van der Waals surface area contributed by atoms with E-state index in [0.29, 0.717) is 79.4 Å². The molecule has 3 aliphatic rings. The first-order valence-electron chi connectivity index (χ1n) is 22.4. The molecule has 63 heavy (non-hydrogen) atoms. The number of benzene rings is 3. The Balaban J connectivity index is 1.29. The van der Waals surface area contributed by atoms with E-state index in [9.17, 15) is 9.50 Å². The first-order chi connectivity index (χ1) is 30.3. The van der Waals surface area contributed by atoms with Crippen LogP contribution in [0.1, 0.15) is 115 Å². The number of hydrogen-bond acceptors (Lipinski definition) is 10. The molecule has 0 bridgehead atoms. The second kappa shape index (κ2) is 18.7. The Hall–Kier alpha value is -4.26. The van der Waals surface area contributed by atoms with Crippen molar-refractivity contribution in [2.24, 2.45) is 0 Å². The smallest absolute Gasteiger partial charge is 0.319 e. The number of thioether (sulfide) groups is 1. The van der Waals surface area contributed by atoms with Gasteiger partial charge in [0.1, 0.15) is 60.6 Å². The lowest BCUT2D eigenvalue weighted by Crippen LogP contribution is -2.43. The van der Waals surface area contributed by atoms with E-state index in [1.54, 1.807) is 38.1 Å². The van der Waals surface area contributed by atoms with Gasteiger partial charge in [-0.3, -0.25) is 4.90 Å². The van der Waals surface area contributed by atoms with Crippen LogP contribution in [0.2, 0.25) is 16.6 Å². The number of aliphatic hydroxyl groups is 1. The highest BCUT2D eigenvalue weighted by molar-refractivity contribution is 7.98. The van der Waals surface area contributed by atoms with Crippen molar-refractivity contribution in [2.75, 3.05) is 40.7 Å². The first-order valence-corrected chi connectivity index (χ1v) is 25.7. The largest absolute Gasteiger partial charge is 0.497 e. The Labute approximate surface area is 375 Å². The SMILES string of the molecule is COCOc1cc(C(O)c2nc3nc(OC[C@@]45CCCN4C[C@H](F)C5)nc(SCc4ccc(OC)cc4)c3n2C2CCC2)c2c(C#C[Si](C(C)C)(C(C)C)C(C)C)c(F)ccc2c1. The van der Waals surface area contributed by atoms with Crippen LogP contribution in [0.3, 0.4) is 0 Å². The normalized spacial score (nSPS) is 19.8. The minimum absolute atomic E-state index is 0.0149. The number of nitrogens with zero attached hydrogens (tertiary/aromatic N) is 5. The van der Waals surface area contributed by atoms with E-state index in [1.165, 1.54) is 6.07 Å². The van der Waals surface area contributed by atoms with E-state index < -0.39 is 31.7 Å². The quantitative estimate of drug-likeness (QED) is 0.0338. The van der Waals surface area contributed by atoms with Crippen molar-refractivity contribution in [3.63, 3.8) is 0 Å². The van der Waals surface area contributed by atoms with Gasteiger partial charge in [0.05, 0.1) is 18.2 Å². The number of rotatable bonds is 16. The average Bonchev–Trinajstić information content (AvgIpc) is 3.90. The number of aromatic nitrogens is 4. The predicted molar refractivity (Wildman–Crippen MR) is 248 cm³/mol. The number of halogens is 2. The molecule has 3 fully saturated rings. The molecule has 1 aliphatic carbocycles. The molecule has 336 valence electrons. The van der Waals surface area contributed by atoms with Crippen LogP contribution < -0.4 is 14.2 Å². The Kier molecular flexibility index (Phi) is 13.4. The number of hydrogen-bond donors (Lipinski definition) is 1. The summed E-state index contributed by atoms with van der Waals surface area (Å²) in [5.74, 6) is 5.14. The molecule has 2 aliphatic heterocycles. The number of aliphatic hydroxyl groups excluding tert-OH is 1. The van der Waals surface area contributed by atoms with Crippen LogP contribution in [0.25, 0.3) is 21.9 Å². The highest BCUT2D eigenvalue weighted by atomic mass is 32.2. The van der Waals surface area contributed by atoms with Gasteiger partial charge in [-0.25, -0.2) is 13.8 Å². The van der Waals surface area contributed by atoms with Crippen LogP contribution >= 0.6 is 11.8 Å². The zero-order chi connectivity index (χ0) is 44.6. The van der Waals surface area contributed by atoms with Gasteiger partial charge in [0.25, 0.3) is 0 Å². The lowest BCUT2D eigenvalue weighted by atomic mass is 9.91. The first kappa shape index (κ1) is 45.3. The van der Waals surface area contributed by atoms with E-state index in [4.69, 9.17) is 33.9 Å². The number of methoxy groups -OCH3 is 2. The summed E-state index contributed by atoms with van der Waals surface area (Å²) in [4.78, 5) is 17.3. The van der Waals surface area contributed by atoms with Gasteiger partial charge in [-0.15, -0.1) is 5.54 Å². The molecular formula is C49H61F2N5O5SSi. The summed E-state index contributed by atoms with van der Waals surface area (Å²) >= 11 is 1.55. The van der Waals surface area contributed by atoms with E-state index in [-0.39, 0.29) is 31.0 Å². The molecule has 8 rings (SSSR count). The zero-order valence-corrected chi connectivity index (χ0v) is 39.7. The highest BCUT2D eigenvalue weighted by Crippen LogP contribution is 2.45. The second-order valence-corrected chi connectivity index (χ2v) is 25.1. The molecule has 4 heterocycles. The summed E-state index contributed by atoms with van der Waals surface area (Å²) < 4.78 is 56.5. The van der Waals surface area contributed by atoms with Crippen molar-refractivity contribution < 1.29 is 32.8 Å². The van der Waals surface area contributed by atoms with Crippen molar-refractivity contribution in [3.8, 4) is 29.0 Å². The van der Waals surface area contributed by atoms with Crippen molar-refractivity contribution in [2.45, 2.75) is 131 Å². The van der Waals surface area contributed by atoms with Gasteiger partial charge in [-0.1, -0.05) is 77.4 Å². The van der Waals surface area contributed by atoms with E-state index in [1.807, 2.05) is 30.3 Å². The molecule has 2 aromatic heterocycles. The van der Waals surface area contributed by atoms with Crippen LogP contribution in [-0.2, 0) is 10.5 Å². The molecule has 5 aromatic rings. The lowest BCUT2D eigenvalue weighted by molar-refractivity contribution is 0.0510.